The number of hydrogen-bond acceptors (Lipinski definition) is 3. The molecule has 0 spiro atoms. The maximum Gasteiger partial charge on any atom is 0.335 e. The average molecular weight is 433 g/mol. The van der Waals surface area contributed by atoms with Crippen LogP contribution in [0.4, 0.5) is 0 Å². The zero-order valence-electron chi connectivity index (χ0n) is 17.0. The number of nitrogens with one attached hydrogen (secondary N) is 1. The van der Waals surface area contributed by atoms with Gasteiger partial charge in [0.1, 0.15) is 0 Å². The van der Waals surface area contributed by atoms with Gasteiger partial charge in [-0.3, -0.25) is 4.98 Å². The molecule has 31 heavy (non-hydrogen) atoms. The first-order chi connectivity index (χ1) is 15.1. The minimum absolute atomic E-state index is 0.000324. The van der Waals surface area contributed by atoms with Crippen LogP contribution >= 0.6 is 12.2 Å². The van der Waals surface area contributed by atoms with Crippen LogP contribution in [0.1, 0.15) is 59.5 Å². The molecule has 1 saturated carbocycles. The van der Waals surface area contributed by atoms with E-state index < -0.39 is 5.97 Å². The van der Waals surface area contributed by atoms with Gasteiger partial charge in [0.05, 0.1) is 23.3 Å². The lowest BCUT2D eigenvalue weighted by molar-refractivity contribution is 0.0697. The van der Waals surface area contributed by atoms with Crippen molar-refractivity contribution in [2.45, 2.75) is 43.8 Å². The second-order valence-electron chi connectivity index (χ2n) is 8.13. The third kappa shape index (κ3) is 3.59. The first kappa shape index (κ1) is 19.8. The summed E-state index contributed by atoms with van der Waals surface area (Å²) < 4.78 is 2.13. The van der Waals surface area contributed by atoms with Gasteiger partial charge in [0, 0.05) is 29.8 Å². The Bertz CT molecular complexity index is 1090. The van der Waals surface area contributed by atoms with Gasteiger partial charge in [-0.05, 0) is 73.6 Å². The lowest BCUT2D eigenvalue weighted by Crippen LogP contribution is -2.38. The normalized spacial score (nSPS) is 21.4. The summed E-state index contributed by atoms with van der Waals surface area (Å²) >= 11 is 5.82. The van der Waals surface area contributed by atoms with Crippen molar-refractivity contribution in [3.63, 3.8) is 0 Å². The molecule has 7 heteroatoms. The number of aromatic nitrogens is 2. The van der Waals surface area contributed by atoms with E-state index in [9.17, 15) is 9.90 Å². The summed E-state index contributed by atoms with van der Waals surface area (Å²) in [4.78, 5) is 18.3. The Morgan fingerprint density at radius 1 is 1.06 bits per heavy atom. The molecule has 2 aromatic heterocycles. The summed E-state index contributed by atoms with van der Waals surface area (Å²) in [6.45, 7) is 0. The van der Waals surface area contributed by atoms with E-state index in [0.29, 0.717) is 6.04 Å². The van der Waals surface area contributed by atoms with Crippen LogP contribution in [0.3, 0.4) is 0 Å². The molecular weight excluding hydrogens is 408 g/mol. The van der Waals surface area contributed by atoms with Crippen LogP contribution in [0, 0.1) is 0 Å². The fourth-order valence-corrected chi connectivity index (χ4v) is 5.28. The minimum atomic E-state index is -0.924. The Hall–Kier alpha value is -3.19. The highest BCUT2D eigenvalue weighted by Crippen LogP contribution is 2.43. The first-order valence-corrected chi connectivity index (χ1v) is 11.0. The van der Waals surface area contributed by atoms with Crippen molar-refractivity contribution in [3.8, 4) is 5.69 Å². The third-order valence-corrected chi connectivity index (χ3v) is 6.66. The lowest BCUT2D eigenvalue weighted by Gasteiger charge is -2.33. The summed E-state index contributed by atoms with van der Waals surface area (Å²) in [5.41, 5.74) is 3.27. The molecule has 1 aliphatic carbocycles. The Balaban J connectivity index is 1.59. The molecule has 2 aliphatic rings. The largest absolute Gasteiger partial charge is 0.478 e. The molecule has 158 valence electrons. The Morgan fingerprint density at radius 3 is 2.52 bits per heavy atom. The second kappa shape index (κ2) is 8.15. The fourth-order valence-electron chi connectivity index (χ4n) is 4.89. The van der Waals surface area contributed by atoms with Crippen molar-refractivity contribution < 1.29 is 9.90 Å². The zero-order valence-corrected chi connectivity index (χ0v) is 17.8. The molecular formula is C24H24N4O2S. The highest BCUT2D eigenvalue weighted by atomic mass is 32.1. The zero-order chi connectivity index (χ0) is 21.4. The van der Waals surface area contributed by atoms with Gasteiger partial charge in [0.15, 0.2) is 5.11 Å². The van der Waals surface area contributed by atoms with Crippen molar-refractivity contribution in [1.82, 2.24) is 19.8 Å². The van der Waals surface area contributed by atoms with Crippen molar-refractivity contribution in [2.24, 2.45) is 0 Å². The summed E-state index contributed by atoms with van der Waals surface area (Å²) in [6, 6.07) is 17.5. The molecule has 1 aliphatic heterocycles. The van der Waals surface area contributed by atoms with Crippen LogP contribution in [0.25, 0.3) is 5.69 Å². The van der Waals surface area contributed by atoms with Crippen molar-refractivity contribution in [3.05, 3.63) is 83.9 Å². The van der Waals surface area contributed by atoms with Gasteiger partial charge in [0.2, 0.25) is 0 Å². The van der Waals surface area contributed by atoms with Gasteiger partial charge in [-0.15, -0.1) is 0 Å². The van der Waals surface area contributed by atoms with E-state index in [1.165, 1.54) is 12.8 Å². The van der Waals surface area contributed by atoms with Crippen LogP contribution in [0.5, 0.6) is 0 Å². The minimum Gasteiger partial charge on any atom is -0.478 e. The van der Waals surface area contributed by atoms with Crippen LogP contribution in [0.15, 0.2) is 67.0 Å². The average Bonchev–Trinajstić information content (AvgIpc) is 3.54. The molecule has 0 unspecified atom stereocenters. The summed E-state index contributed by atoms with van der Waals surface area (Å²) in [5.74, 6) is -0.924. The number of carbonyl (C=O) groups is 1. The van der Waals surface area contributed by atoms with Gasteiger partial charge in [-0.1, -0.05) is 18.9 Å². The topological polar surface area (TPSA) is 70.4 Å². The van der Waals surface area contributed by atoms with E-state index in [1.54, 1.807) is 12.1 Å². The molecule has 0 amide bonds. The Labute approximate surface area is 186 Å². The second-order valence-corrected chi connectivity index (χ2v) is 8.51. The smallest absolute Gasteiger partial charge is 0.335 e. The predicted octanol–water partition coefficient (Wildman–Crippen LogP) is 4.49. The molecule has 2 atom stereocenters. The predicted molar refractivity (Wildman–Crippen MR) is 122 cm³/mol. The number of pyridine rings is 1. The van der Waals surface area contributed by atoms with E-state index in [4.69, 9.17) is 12.2 Å². The number of carboxylic acids is 1. The van der Waals surface area contributed by atoms with Gasteiger partial charge in [-0.2, -0.15) is 0 Å². The number of aromatic carboxylic acids is 1. The molecule has 5 rings (SSSR count). The molecule has 3 aromatic rings. The van der Waals surface area contributed by atoms with Crippen molar-refractivity contribution in [2.75, 3.05) is 0 Å². The van der Waals surface area contributed by atoms with E-state index in [1.807, 2.05) is 48.8 Å². The molecule has 0 bridgehead atoms. The van der Waals surface area contributed by atoms with E-state index in [2.05, 4.69) is 25.8 Å². The number of thiocarbonyl (C=S) groups is 1. The molecule has 2 N–H and O–H groups in total. The van der Waals surface area contributed by atoms with Crippen LogP contribution in [-0.4, -0.2) is 36.7 Å². The highest BCUT2D eigenvalue weighted by Gasteiger charge is 2.44. The fraction of sp³-hybridized carbons (Fsp3) is 0.292. The maximum absolute atomic E-state index is 11.3. The maximum atomic E-state index is 11.3. The van der Waals surface area contributed by atoms with E-state index in [0.717, 1.165) is 35.0 Å². The summed E-state index contributed by atoms with van der Waals surface area (Å²) in [5, 5.41) is 13.6. The van der Waals surface area contributed by atoms with Gasteiger partial charge < -0.3 is 19.9 Å². The lowest BCUT2D eigenvalue weighted by atomic mass is 9.99. The number of hydrogen-bond donors (Lipinski definition) is 2. The van der Waals surface area contributed by atoms with Crippen LogP contribution in [-0.2, 0) is 0 Å². The molecule has 0 radical (unpaired) electrons. The first-order valence-electron chi connectivity index (χ1n) is 10.6. The highest BCUT2D eigenvalue weighted by molar-refractivity contribution is 7.80. The van der Waals surface area contributed by atoms with Gasteiger partial charge >= 0.3 is 5.97 Å². The van der Waals surface area contributed by atoms with Gasteiger partial charge in [-0.25, -0.2) is 4.79 Å². The monoisotopic (exact) mass is 432 g/mol. The number of rotatable bonds is 5. The summed E-state index contributed by atoms with van der Waals surface area (Å²) in [7, 11) is 0. The van der Waals surface area contributed by atoms with Gasteiger partial charge in [0.25, 0.3) is 0 Å². The Kier molecular flexibility index (Phi) is 5.19. The quantitative estimate of drug-likeness (QED) is 0.579. The SMILES string of the molecule is O=C(O)c1ccc(-n2cccc2[C@@H]2[C@H](c3ccccn3)NC(=S)N2C2CCCC2)cc1. The number of carboxylic acid groups (broad SMARTS) is 1. The standard InChI is InChI=1S/C24H24N4O2S/c29-23(30)16-10-12-17(13-11-16)27-15-5-9-20(27)22-21(19-8-3-4-14-25-19)26-24(31)28(22)18-6-1-2-7-18/h3-5,8-15,18,21-22H,1-2,6-7H2,(H,26,31)(H,29,30)/t21-,22+/m0/s1. The Morgan fingerprint density at radius 2 is 1.84 bits per heavy atom. The third-order valence-electron chi connectivity index (χ3n) is 6.33. The number of nitrogens with zero attached hydrogens (tertiary/aromatic N) is 3. The summed E-state index contributed by atoms with van der Waals surface area (Å²) in [6.07, 6.45) is 8.57. The molecule has 1 aromatic carbocycles. The molecule has 1 saturated heterocycles. The molecule has 6 nitrogen and oxygen atoms in total. The van der Waals surface area contributed by atoms with Crippen molar-refractivity contribution in [1.29, 1.82) is 0 Å². The molecule has 2 fully saturated rings. The van der Waals surface area contributed by atoms with E-state index in [-0.39, 0.29) is 17.6 Å². The molecule has 3 heterocycles. The van der Waals surface area contributed by atoms with Crippen LogP contribution in [0.2, 0.25) is 0 Å². The van der Waals surface area contributed by atoms with Crippen LogP contribution < -0.4 is 5.32 Å². The van der Waals surface area contributed by atoms with Crippen molar-refractivity contribution >= 4 is 23.3 Å². The van der Waals surface area contributed by atoms with E-state index >= 15 is 0 Å². The number of benzene rings is 1.